The summed E-state index contributed by atoms with van der Waals surface area (Å²) in [6.45, 7) is 7.13. The minimum atomic E-state index is 0.293. The Kier molecular flexibility index (Phi) is 2.52. The fraction of sp³-hybridized carbons (Fsp3) is 0.667. The molecule has 0 amide bonds. The van der Waals surface area contributed by atoms with E-state index in [2.05, 4.69) is 31.0 Å². The molecule has 1 rings (SSSR count). The molecule has 0 bridgehead atoms. The van der Waals surface area contributed by atoms with Crippen molar-refractivity contribution in [2.45, 2.75) is 33.7 Å². The van der Waals surface area contributed by atoms with Gasteiger partial charge in [0.15, 0.2) is 0 Å². The van der Waals surface area contributed by atoms with Gasteiger partial charge < -0.3 is 5.73 Å². The first kappa shape index (κ1) is 9.26. The van der Waals surface area contributed by atoms with E-state index in [9.17, 15) is 0 Å². The van der Waals surface area contributed by atoms with Gasteiger partial charge in [-0.25, -0.2) is 0 Å². The third kappa shape index (κ3) is 2.66. The van der Waals surface area contributed by atoms with Crippen LogP contribution in [-0.4, -0.2) is 10.2 Å². The van der Waals surface area contributed by atoms with Crippen LogP contribution in [0.1, 0.15) is 32.2 Å². The van der Waals surface area contributed by atoms with Gasteiger partial charge in [0.2, 0.25) is 0 Å². The molecule has 1 aromatic rings. The van der Waals surface area contributed by atoms with Gasteiger partial charge in [-0.15, -0.1) is 0 Å². The summed E-state index contributed by atoms with van der Waals surface area (Å²) in [7, 11) is 0. The third-order valence-electron chi connectivity index (χ3n) is 1.62. The van der Waals surface area contributed by atoms with Gasteiger partial charge in [-0.1, -0.05) is 20.8 Å². The van der Waals surface area contributed by atoms with E-state index in [1.165, 1.54) is 0 Å². The van der Waals surface area contributed by atoms with Gasteiger partial charge in [-0.2, -0.15) is 5.10 Å². The molecule has 0 spiro atoms. The van der Waals surface area contributed by atoms with Crippen molar-refractivity contribution in [2.24, 2.45) is 11.1 Å². The highest BCUT2D eigenvalue weighted by Crippen LogP contribution is 2.19. The number of H-pyrrole nitrogens is 1. The number of hydrogen-bond donors (Lipinski definition) is 2. The lowest BCUT2D eigenvalue weighted by Gasteiger charge is -2.15. The fourth-order valence-electron chi connectivity index (χ4n) is 1.15. The quantitative estimate of drug-likeness (QED) is 0.700. The second kappa shape index (κ2) is 3.27. The Bertz CT molecular complexity index is 245. The van der Waals surface area contributed by atoms with E-state index in [1.54, 1.807) is 0 Å². The molecule has 3 N–H and O–H groups in total. The van der Waals surface area contributed by atoms with Crippen molar-refractivity contribution in [1.29, 1.82) is 0 Å². The summed E-state index contributed by atoms with van der Waals surface area (Å²) in [6.07, 6.45) is 0.990. The van der Waals surface area contributed by atoms with Crippen molar-refractivity contribution >= 4 is 0 Å². The summed E-state index contributed by atoms with van der Waals surface area (Å²) in [6, 6.07) is 2.03. The van der Waals surface area contributed by atoms with E-state index in [-0.39, 0.29) is 0 Å². The average molecular weight is 167 g/mol. The molecule has 1 aromatic heterocycles. The highest BCUT2D eigenvalue weighted by molar-refractivity contribution is 5.09. The Balaban J connectivity index is 2.64. The molecule has 0 atom stereocenters. The van der Waals surface area contributed by atoms with E-state index in [4.69, 9.17) is 5.73 Å². The molecule has 0 radical (unpaired) electrons. The zero-order valence-corrected chi connectivity index (χ0v) is 8.02. The number of aromatic amines is 1. The zero-order chi connectivity index (χ0) is 9.19. The summed E-state index contributed by atoms with van der Waals surface area (Å²) in [4.78, 5) is 0. The SMILES string of the molecule is CC(C)(C)Cc1cc(CN)[nH]n1. The second-order valence-electron chi connectivity index (χ2n) is 4.33. The first-order valence-electron chi connectivity index (χ1n) is 4.24. The van der Waals surface area contributed by atoms with Gasteiger partial charge in [0.05, 0.1) is 5.69 Å². The number of nitrogens with zero attached hydrogens (tertiary/aromatic N) is 1. The van der Waals surface area contributed by atoms with Crippen molar-refractivity contribution < 1.29 is 0 Å². The van der Waals surface area contributed by atoms with Gasteiger partial charge in [0.25, 0.3) is 0 Å². The van der Waals surface area contributed by atoms with Gasteiger partial charge in [0, 0.05) is 12.2 Å². The molecule has 3 heteroatoms. The minimum Gasteiger partial charge on any atom is -0.325 e. The maximum absolute atomic E-state index is 5.46. The molecular formula is C9H17N3. The van der Waals surface area contributed by atoms with Crippen LogP contribution in [0.5, 0.6) is 0 Å². The molecule has 0 fully saturated rings. The van der Waals surface area contributed by atoms with Gasteiger partial charge in [-0.3, -0.25) is 5.10 Å². The third-order valence-corrected chi connectivity index (χ3v) is 1.62. The molecule has 0 unspecified atom stereocenters. The number of hydrogen-bond acceptors (Lipinski definition) is 2. The zero-order valence-electron chi connectivity index (χ0n) is 8.02. The van der Waals surface area contributed by atoms with Crippen LogP contribution >= 0.6 is 0 Å². The number of nitrogens with two attached hydrogens (primary N) is 1. The summed E-state index contributed by atoms with van der Waals surface area (Å²) in [5.41, 5.74) is 7.86. The normalized spacial score (nSPS) is 12.0. The van der Waals surface area contributed by atoms with Crippen LogP contribution in [0.2, 0.25) is 0 Å². The van der Waals surface area contributed by atoms with E-state index >= 15 is 0 Å². The standard InChI is InChI=1S/C9H17N3/c1-9(2,3)5-7-4-8(6-10)12-11-7/h4H,5-6,10H2,1-3H3,(H,11,12). The van der Waals surface area contributed by atoms with E-state index in [1.807, 2.05) is 6.07 Å². The Labute approximate surface area is 73.4 Å². The van der Waals surface area contributed by atoms with Crippen LogP contribution in [0.25, 0.3) is 0 Å². The summed E-state index contributed by atoms with van der Waals surface area (Å²) < 4.78 is 0. The van der Waals surface area contributed by atoms with Crippen LogP contribution < -0.4 is 5.73 Å². The molecule has 1 heterocycles. The van der Waals surface area contributed by atoms with Gasteiger partial charge in [-0.05, 0) is 17.9 Å². The summed E-state index contributed by atoms with van der Waals surface area (Å²) in [5, 5.41) is 7.07. The lowest BCUT2D eigenvalue weighted by Crippen LogP contribution is -2.09. The molecule has 68 valence electrons. The highest BCUT2D eigenvalue weighted by Gasteiger charge is 2.13. The molecule has 0 aliphatic heterocycles. The topological polar surface area (TPSA) is 54.7 Å². The lowest BCUT2D eigenvalue weighted by molar-refractivity contribution is 0.406. The number of rotatable bonds is 2. The molecule has 12 heavy (non-hydrogen) atoms. The van der Waals surface area contributed by atoms with Crippen LogP contribution in [0, 0.1) is 5.41 Å². The number of nitrogens with one attached hydrogen (secondary N) is 1. The van der Waals surface area contributed by atoms with Crippen LogP contribution in [0.15, 0.2) is 6.07 Å². The molecule has 0 saturated heterocycles. The maximum atomic E-state index is 5.46. The van der Waals surface area contributed by atoms with Crippen molar-refractivity contribution in [3.8, 4) is 0 Å². The Morgan fingerprint density at radius 1 is 1.50 bits per heavy atom. The van der Waals surface area contributed by atoms with Gasteiger partial charge >= 0.3 is 0 Å². The van der Waals surface area contributed by atoms with Gasteiger partial charge in [0.1, 0.15) is 0 Å². The van der Waals surface area contributed by atoms with E-state index < -0.39 is 0 Å². The molecule has 0 aliphatic rings. The molecule has 0 saturated carbocycles. The maximum Gasteiger partial charge on any atom is 0.0630 e. The van der Waals surface area contributed by atoms with Crippen LogP contribution in [0.3, 0.4) is 0 Å². The van der Waals surface area contributed by atoms with Crippen molar-refractivity contribution in [2.75, 3.05) is 0 Å². The molecular weight excluding hydrogens is 150 g/mol. The van der Waals surface area contributed by atoms with Crippen molar-refractivity contribution in [1.82, 2.24) is 10.2 Å². The van der Waals surface area contributed by atoms with Crippen LogP contribution in [0.4, 0.5) is 0 Å². The molecule has 3 nitrogen and oxygen atoms in total. The predicted molar refractivity (Wildman–Crippen MR) is 49.6 cm³/mol. The Morgan fingerprint density at radius 2 is 2.17 bits per heavy atom. The predicted octanol–water partition coefficient (Wildman–Crippen LogP) is 1.46. The fourth-order valence-corrected chi connectivity index (χ4v) is 1.15. The molecule has 0 aromatic carbocycles. The smallest absolute Gasteiger partial charge is 0.0630 e. The van der Waals surface area contributed by atoms with E-state index in [0.29, 0.717) is 12.0 Å². The van der Waals surface area contributed by atoms with E-state index in [0.717, 1.165) is 17.8 Å². The first-order chi connectivity index (χ1) is 5.51. The van der Waals surface area contributed by atoms with Crippen LogP contribution in [-0.2, 0) is 13.0 Å². The summed E-state index contributed by atoms with van der Waals surface area (Å²) in [5.74, 6) is 0. The van der Waals surface area contributed by atoms with Crippen molar-refractivity contribution in [3.63, 3.8) is 0 Å². The molecule has 0 aliphatic carbocycles. The highest BCUT2D eigenvalue weighted by atomic mass is 15.1. The monoisotopic (exact) mass is 167 g/mol. The van der Waals surface area contributed by atoms with Crippen molar-refractivity contribution in [3.05, 3.63) is 17.5 Å². The summed E-state index contributed by atoms with van der Waals surface area (Å²) >= 11 is 0. The lowest BCUT2D eigenvalue weighted by atomic mass is 9.90. The first-order valence-corrected chi connectivity index (χ1v) is 4.24. The Hall–Kier alpha value is -0.830. The minimum absolute atomic E-state index is 0.293. The average Bonchev–Trinajstić information content (AvgIpc) is 2.32. The second-order valence-corrected chi connectivity index (χ2v) is 4.33. The number of aromatic nitrogens is 2. The Morgan fingerprint density at radius 3 is 2.58 bits per heavy atom. The largest absolute Gasteiger partial charge is 0.325 e.